The number of rotatable bonds is 13. The van der Waals surface area contributed by atoms with Crippen molar-refractivity contribution >= 4 is 23.2 Å². The smallest absolute Gasteiger partial charge is 0.303 e. The number of carbonyl (C=O) groups excluding carboxylic acids is 1. The largest absolute Gasteiger partial charge is 0.481 e. The highest BCUT2D eigenvalue weighted by Gasteiger charge is 2.16. The van der Waals surface area contributed by atoms with Crippen LogP contribution in [0.1, 0.15) is 61.1 Å². The monoisotopic (exact) mass is 478 g/mol. The van der Waals surface area contributed by atoms with E-state index in [0.29, 0.717) is 25.9 Å². The molecule has 5 nitrogen and oxygen atoms in total. The number of likely N-dealkylation sites (N-methyl/N-ethyl adjacent to an activating group) is 1. The third-order valence-electron chi connectivity index (χ3n) is 5.99. The molecule has 3 aromatic rings. The van der Waals surface area contributed by atoms with E-state index in [1.54, 1.807) is 17.5 Å². The van der Waals surface area contributed by atoms with Crippen molar-refractivity contribution in [1.82, 2.24) is 9.88 Å². The van der Waals surface area contributed by atoms with Crippen molar-refractivity contribution in [3.63, 3.8) is 0 Å². The lowest BCUT2D eigenvalue weighted by Gasteiger charge is -2.21. The number of carboxylic acid groups (broad SMARTS) is 1. The summed E-state index contributed by atoms with van der Waals surface area (Å²) in [4.78, 5) is 31.4. The molecular weight excluding hydrogens is 444 g/mol. The third kappa shape index (κ3) is 7.52. The van der Waals surface area contributed by atoms with Gasteiger partial charge in [0, 0.05) is 35.0 Å². The summed E-state index contributed by atoms with van der Waals surface area (Å²) in [6, 6.07) is 14.3. The van der Waals surface area contributed by atoms with Crippen LogP contribution in [-0.2, 0) is 35.4 Å². The number of nitrogens with zero attached hydrogens (tertiary/aromatic N) is 2. The predicted molar refractivity (Wildman–Crippen MR) is 138 cm³/mol. The van der Waals surface area contributed by atoms with Gasteiger partial charge in [-0.3, -0.25) is 14.6 Å². The van der Waals surface area contributed by atoms with E-state index in [4.69, 9.17) is 5.11 Å². The second kappa shape index (κ2) is 13.0. The summed E-state index contributed by atoms with van der Waals surface area (Å²) in [5.41, 5.74) is 5.23. The second-order valence-corrected chi connectivity index (χ2v) is 9.55. The fraction of sp³-hybridized carbons (Fsp3) is 0.393. The van der Waals surface area contributed by atoms with Crippen LogP contribution < -0.4 is 0 Å². The average Bonchev–Trinajstić information content (AvgIpc) is 3.31. The molecule has 0 saturated heterocycles. The lowest BCUT2D eigenvalue weighted by molar-refractivity contribution is -0.137. The Labute approximate surface area is 206 Å². The topological polar surface area (TPSA) is 70.5 Å². The highest BCUT2D eigenvalue weighted by molar-refractivity contribution is 7.10. The maximum Gasteiger partial charge on any atom is 0.303 e. The average molecular weight is 479 g/mol. The number of carboxylic acids is 1. The van der Waals surface area contributed by atoms with E-state index in [9.17, 15) is 9.59 Å². The molecule has 0 radical (unpaired) electrons. The molecule has 0 fully saturated rings. The molecule has 0 aliphatic carbocycles. The van der Waals surface area contributed by atoms with E-state index in [1.807, 2.05) is 30.0 Å². The van der Waals surface area contributed by atoms with Crippen LogP contribution in [0.4, 0.5) is 0 Å². The van der Waals surface area contributed by atoms with Crippen molar-refractivity contribution in [1.29, 1.82) is 0 Å². The maximum absolute atomic E-state index is 13.1. The summed E-state index contributed by atoms with van der Waals surface area (Å²) in [6.07, 6.45) is 7.36. The number of hydrogen-bond donors (Lipinski definition) is 1. The standard InChI is InChI=1S/C28H34N2O3S/c1-3-5-6-9-22-10-7-8-11-23(22)17-27(31)30(4-2)19-25-16-24(20-34-25)26-14-12-21(18-29-26)13-15-28(32)33/h7-8,10-12,14,16,18,20H,3-6,9,13,15,17,19H2,1-2H3,(H,32,33). The van der Waals surface area contributed by atoms with E-state index >= 15 is 0 Å². The number of thiophene rings is 1. The van der Waals surface area contributed by atoms with Crippen molar-refractivity contribution in [2.24, 2.45) is 0 Å². The molecule has 0 atom stereocenters. The number of amides is 1. The van der Waals surface area contributed by atoms with Crippen molar-refractivity contribution < 1.29 is 14.7 Å². The van der Waals surface area contributed by atoms with E-state index in [2.05, 4.69) is 41.6 Å². The Balaban J connectivity index is 1.62. The summed E-state index contributed by atoms with van der Waals surface area (Å²) in [7, 11) is 0. The zero-order chi connectivity index (χ0) is 24.3. The van der Waals surface area contributed by atoms with Crippen molar-refractivity contribution in [2.45, 2.75) is 65.3 Å². The zero-order valence-electron chi connectivity index (χ0n) is 20.1. The highest BCUT2D eigenvalue weighted by Crippen LogP contribution is 2.26. The fourth-order valence-corrected chi connectivity index (χ4v) is 4.86. The van der Waals surface area contributed by atoms with Gasteiger partial charge in [0.15, 0.2) is 0 Å². The van der Waals surface area contributed by atoms with Crippen LogP contribution in [-0.4, -0.2) is 33.4 Å². The third-order valence-corrected chi connectivity index (χ3v) is 6.91. The van der Waals surface area contributed by atoms with Gasteiger partial charge in [-0.2, -0.15) is 0 Å². The zero-order valence-corrected chi connectivity index (χ0v) is 20.9. The number of hydrogen-bond acceptors (Lipinski definition) is 4. The molecule has 6 heteroatoms. The molecule has 0 saturated carbocycles. The Morgan fingerprint density at radius 2 is 1.82 bits per heavy atom. The first-order valence-electron chi connectivity index (χ1n) is 12.1. The Hall–Kier alpha value is -2.99. The van der Waals surface area contributed by atoms with E-state index in [-0.39, 0.29) is 12.3 Å². The molecular formula is C28H34N2O3S. The SMILES string of the molecule is CCCCCc1ccccc1CC(=O)N(CC)Cc1cc(-c2ccc(CCC(=O)O)cn2)cs1. The van der Waals surface area contributed by atoms with Crippen LogP contribution in [0.3, 0.4) is 0 Å². The van der Waals surface area contributed by atoms with E-state index < -0.39 is 5.97 Å². The Morgan fingerprint density at radius 3 is 2.50 bits per heavy atom. The molecule has 0 spiro atoms. The van der Waals surface area contributed by atoms with Crippen LogP contribution in [0.5, 0.6) is 0 Å². The van der Waals surface area contributed by atoms with Gasteiger partial charge in [-0.25, -0.2) is 0 Å². The van der Waals surface area contributed by atoms with Crippen LogP contribution in [0.15, 0.2) is 54.0 Å². The lowest BCUT2D eigenvalue weighted by atomic mass is 9.99. The number of aryl methyl sites for hydroxylation is 2. The van der Waals surface area contributed by atoms with Gasteiger partial charge >= 0.3 is 5.97 Å². The van der Waals surface area contributed by atoms with Gasteiger partial charge in [-0.15, -0.1) is 11.3 Å². The van der Waals surface area contributed by atoms with Gasteiger partial charge in [-0.1, -0.05) is 50.1 Å². The first-order chi connectivity index (χ1) is 16.5. The van der Waals surface area contributed by atoms with Crippen LogP contribution in [0, 0.1) is 0 Å². The molecule has 2 aromatic heterocycles. The summed E-state index contributed by atoms with van der Waals surface area (Å²) < 4.78 is 0. The van der Waals surface area contributed by atoms with Crippen LogP contribution in [0.25, 0.3) is 11.3 Å². The quantitative estimate of drug-likeness (QED) is 0.299. The molecule has 180 valence electrons. The second-order valence-electron chi connectivity index (χ2n) is 8.56. The van der Waals surface area contributed by atoms with Gasteiger partial charge in [0.05, 0.1) is 18.7 Å². The summed E-state index contributed by atoms with van der Waals surface area (Å²) in [5, 5.41) is 10.9. The summed E-state index contributed by atoms with van der Waals surface area (Å²) >= 11 is 1.64. The molecule has 1 aromatic carbocycles. The molecule has 0 unspecified atom stereocenters. The van der Waals surface area contributed by atoms with Gasteiger partial charge in [0.25, 0.3) is 0 Å². The van der Waals surface area contributed by atoms with Crippen LogP contribution >= 0.6 is 11.3 Å². The Bertz CT molecular complexity index is 1080. The number of aliphatic carboxylic acids is 1. The van der Waals surface area contributed by atoms with Crippen molar-refractivity contribution in [3.8, 4) is 11.3 Å². The van der Waals surface area contributed by atoms with Crippen molar-refractivity contribution in [3.05, 3.63) is 75.6 Å². The van der Waals surface area contributed by atoms with Gasteiger partial charge in [-0.05, 0) is 55.0 Å². The molecule has 34 heavy (non-hydrogen) atoms. The minimum Gasteiger partial charge on any atom is -0.481 e. The summed E-state index contributed by atoms with van der Waals surface area (Å²) in [5.74, 6) is -0.650. The molecule has 0 aliphatic heterocycles. The van der Waals surface area contributed by atoms with Crippen molar-refractivity contribution in [2.75, 3.05) is 6.54 Å². The van der Waals surface area contributed by atoms with Crippen LogP contribution in [0.2, 0.25) is 0 Å². The summed E-state index contributed by atoms with van der Waals surface area (Å²) in [6.45, 7) is 5.49. The van der Waals surface area contributed by atoms with Gasteiger partial charge < -0.3 is 10.0 Å². The molecule has 1 N–H and O–H groups in total. The first-order valence-corrected chi connectivity index (χ1v) is 13.0. The van der Waals surface area contributed by atoms with E-state index in [1.165, 1.54) is 18.4 Å². The molecule has 1 amide bonds. The minimum atomic E-state index is -0.804. The normalized spacial score (nSPS) is 10.9. The number of aromatic nitrogens is 1. The maximum atomic E-state index is 13.1. The van der Waals surface area contributed by atoms with E-state index in [0.717, 1.165) is 40.1 Å². The predicted octanol–water partition coefficient (Wildman–Crippen LogP) is 6.15. The minimum absolute atomic E-state index is 0.105. The first kappa shape index (κ1) is 25.6. The Morgan fingerprint density at radius 1 is 1.03 bits per heavy atom. The molecule has 3 rings (SSSR count). The highest BCUT2D eigenvalue weighted by atomic mass is 32.1. The molecule has 2 heterocycles. The number of benzene rings is 1. The Kier molecular flexibility index (Phi) is 9.83. The lowest BCUT2D eigenvalue weighted by Crippen LogP contribution is -2.31. The number of pyridine rings is 1. The number of unbranched alkanes of at least 4 members (excludes halogenated alkanes) is 2. The molecule has 0 bridgehead atoms. The van der Waals surface area contributed by atoms with Gasteiger partial charge in [0.2, 0.25) is 5.91 Å². The fourth-order valence-electron chi connectivity index (χ4n) is 3.97. The number of carbonyl (C=O) groups is 2. The van der Waals surface area contributed by atoms with Gasteiger partial charge in [0.1, 0.15) is 0 Å². The molecule has 0 aliphatic rings.